The summed E-state index contributed by atoms with van der Waals surface area (Å²) in [7, 11) is 0.954. The molecule has 1 aromatic rings. The normalized spacial score (nSPS) is 19.6. The fourth-order valence-corrected chi connectivity index (χ4v) is 3.18. The fraction of sp³-hybridized carbons (Fsp3) is 0.294. The average molecular weight is 389 g/mol. The first-order chi connectivity index (χ1) is 12.7. The third-order valence-electron chi connectivity index (χ3n) is 4.27. The van der Waals surface area contributed by atoms with Crippen LogP contribution in [0.4, 0.5) is 22.0 Å². The molecule has 2 aliphatic rings. The highest BCUT2D eigenvalue weighted by Gasteiger charge is 2.46. The molecule has 27 heavy (non-hydrogen) atoms. The second kappa shape index (κ2) is 6.67. The number of hydrogen-bond acceptors (Lipinski definition) is 5. The number of halogens is 5. The van der Waals surface area contributed by atoms with E-state index in [1.54, 1.807) is 0 Å². The number of rotatable bonds is 3. The number of ether oxygens (including phenoxy) is 2. The van der Waals surface area contributed by atoms with E-state index in [-0.39, 0.29) is 23.6 Å². The van der Waals surface area contributed by atoms with E-state index in [1.807, 2.05) is 0 Å². The first kappa shape index (κ1) is 18.9. The molecule has 0 radical (unpaired) electrons. The van der Waals surface area contributed by atoms with Crippen LogP contribution in [0.1, 0.15) is 17.0 Å². The molecule has 10 heteroatoms. The number of hydrogen-bond donors (Lipinski definition) is 1. The van der Waals surface area contributed by atoms with Crippen molar-refractivity contribution in [1.82, 2.24) is 5.32 Å². The monoisotopic (exact) mass is 389 g/mol. The van der Waals surface area contributed by atoms with E-state index in [9.17, 15) is 31.5 Å². The Bertz CT molecular complexity index is 888. The fourth-order valence-electron chi connectivity index (χ4n) is 3.18. The zero-order valence-electron chi connectivity index (χ0n) is 13.7. The third-order valence-corrected chi connectivity index (χ3v) is 4.27. The zero-order chi connectivity index (χ0) is 19.9. The van der Waals surface area contributed by atoms with Gasteiger partial charge in [-0.3, -0.25) is 0 Å². The first-order valence-electron chi connectivity index (χ1n) is 7.60. The summed E-state index contributed by atoms with van der Waals surface area (Å²) in [5.74, 6) is -4.85. The smallest absolute Gasteiger partial charge is 0.416 e. The standard InChI is InChI=1S/C17H12F5NO4/c1-26-15(24)13-10(5-18)23-11-6-27-16(25)14(11)12(13)8-4-7(19)2-3-9(8)17(20,21)22/h2-4,12,23H,5-6H2,1H3. The topological polar surface area (TPSA) is 64.6 Å². The largest absolute Gasteiger partial charge is 0.466 e. The Morgan fingerprint density at radius 2 is 2.07 bits per heavy atom. The van der Waals surface area contributed by atoms with Gasteiger partial charge in [0, 0.05) is 0 Å². The molecule has 2 aliphatic heterocycles. The minimum atomic E-state index is -4.91. The lowest BCUT2D eigenvalue weighted by Gasteiger charge is -2.29. The molecular formula is C17H12F5NO4. The molecule has 1 aromatic carbocycles. The summed E-state index contributed by atoms with van der Waals surface area (Å²) < 4.78 is 77.1. The van der Waals surface area contributed by atoms with Crippen LogP contribution in [-0.4, -0.2) is 32.3 Å². The van der Waals surface area contributed by atoms with Crippen LogP contribution in [0.15, 0.2) is 40.7 Å². The van der Waals surface area contributed by atoms with Gasteiger partial charge in [0.15, 0.2) is 0 Å². The van der Waals surface area contributed by atoms with Crippen LogP contribution in [0.2, 0.25) is 0 Å². The van der Waals surface area contributed by atoms with Crippen LogP contribution < -0.4 is 5.32 Å². The Balaban J connectivity index is 2.33. The van der Waals surface area contributed by atoms with Gasteiger partial charge in [-0.15, -0.1) is 0 Å². The number of allylic oxidation sites excluding steroid dienone is 1. The van der Waals surface area contributed by atoms with E-state index in [0.29, 0.717) is 18.2 Å². The lowest BCUT2D eigenvalue weighted by atomic mass is 9.78. The molecular weight excluding hydrogens is 377 g/mol. The Morgan fingerprint density at radius 1 is 1.37 bits per heavy atom. The third kappa shape index (κ3) is 3.15. The maximum atomic E-state index is 13.8. The van der Waals surface area contributed by atoms with Crippen molar-refractivity contribution in [3.05, 3.63) is 57.7 Å². The van der Waals surface area contributed by atoms with Gasteiger partial charge in [0.05, 0.1) is 41.1 Å². The Kier molecular flexibility index (Phi) is 4.66. The molecule has 1 unspecified atom stereocenters. The number of alkyl halides is 4. The van der Waals surface area contributed by atoms with Gasteiger partial charge in [-0.1, -0.05) is 0 Å². The van der Waals surface area contributed by atoms with E-state index in [0.717, 1.165) is 7.11 Å². The van der Waals surface area contributed by atoms with Gasteiger partial charge in [-0.25, -0.2) is 18.4 Å². The number of cyclic esters (lactones) is 1. The van der Waals surface area contributed by atoms with Gasteiger partial charge >= 0.3 is 18.1 Å². The van der Waals surface area contributed by atoms with Crippen LogP contribution in [0, 0.1) is 5.82 Å². The lowest BCUT2D eigenvalue weighted by molar-refractivity contribution is -0.140. The van der Waals surface area contributed by atoms with E-state index in [1.165, 1.54) is 0 Å². The van der Waals surface area contributed by atoms with E-state index < -0.39 is 53.2 Å². The van der Waals surface area contributed by atoms with Crippen LogP contribution in [0.5, 0.6) is 0 Å². The molecule has 5 nitrogen and oxygen atoms in total. The summed E-state index contributed by atoms with van der Waals surface area (Å²) in [4.78, 5) is 24.4. The highest BCUT2D eigenvalue weighted by molar-refractivity contribution is 6.01. The molecule has 0 spiro atoms. The number of methoxy groups -OCH3 is 1. The summed E-state index contributed by atoms with van der Waals surface area (Å²) in [5.41, 5.74) is -3.19. The number of esters is 2. The van der Waals surface area contributed by atoms with Gasteiger partial charge in [0.2, 0.25) is 0 Å². The van der Waals surface area contributed by atoms with E-state index in [2.05, 4.69) is 10.1 Å². The highest BCUT2D eigenvalue weighted by Crippen LogP contribution is 2.46. The van der Waals surface area contributed by atoms with Crippen molar-refractivity contribution in [2.75, 3.05) is 20.4 Å². The van der Waals surface area contributed by atoms with Gasteiger partial charge < -0.3 is 14.8 Å². The van der Waals surface area contributed by atoms with Crippen molar-refractivity contribution in [2.24, 2.45) is 0 Å². The predicted octanol–water partition coefficient (Wildman–Crippen LogP) is 2.74. The molecule has 0 saturated carbocycles. The zero-order valence-corrected chi connectivity index (χ0v) is 13.7. The summed E-state index contributed by atoms with van der Waals surface area (Å²) in [6, 6.07) is 1.66. The van der Waals surface area contributed by atoms with Crippen molar-refractivity contribution < 1.29 is 41.0 Å². The highest BCUT2D eigenvalue weighted by atomic mass is 19.4. The first-order valence-corrected chi connectivity index (χ1v) is 7.60. The number of nitrogens with one attached hydrogen (secondary N) is 1. The van der Waals surface area contributed by atoms with Crippen LogP contribution in [-0.2, 0) is 25.2 Å². The second-order valence-electron chi connectivity index (χ2n) is 5.77. The molecule has 1 atom stereocenters. The maximum absolute atomic E-state index is 13.8. The van der Waals surface area contributed by atoms with Crippen molar-refractivity contribution in [3.63, 3.8) is 0 Å². The van der Waals surface area contributed by atoms with Crippen LogP contribution in [0.3, 0.4) is 0 Å². The van der Waals surface area contributed by atoms with Crippen LogP contribution in [0.25, 0.3) is 0 Å². The van der Waals surface area contributed by atoms with E-state index >= 15 is 0 Å². The summed E-state index contributed by atoms with van der Waals surface area (Å²) in [6.07, 6.45) is -4.91. The second-order valence-corrected chi connectivity index (χ2v) is 5.77. The van der Waals surface area contributed by atoms with Crippen molar-refractivity contribution in [2.45, 2.75) is 12.1 Å². The number of carbonyl (C=O) groups excluding carboxylic acids is 2. The van der Waals surface area contributed by atoms with Crippen molar-refractivity contribution in [3.8, 4) is 0 Å². The minimum absolute atomic E-state index is 0.0164. The summed E-state index contributed by atoms with van der Waals surface area (Å²) in [6.45, 7) is -1.58. The molecule has 144 valence electrons. The molecule has 0 fully saturated rings. The predicted molar refractivity (Wildman–Crippen MR) is 80.3 cm³/mol. The van der Waals surface area contributed by atoms with Gasteiger partial charge in [-0.05, 0) is 23.8 Å². The number of dihydropyridines is 1. The Hall–Kier alpha value is -2.91. The Labute approximate surface area is 149 Å². The number of benzene rings is 1. The van der Waals surface area contributed by atoms with Gasteiger partial charge in [0.1, 0.15) is 19.1 Å². The molecule has 3 rings (SSSR count). The molecule has 0 bridgehead atoms. The quantitative estimate of drug-likeness (QED) is 0.636. The molecule has 1 N–H and O–H groups in total. The minimum Gasteiger partial charge on any atom is -0.466 e. The van der Waals surface area contributed by atoms with Crippen molar-refractivity contribution >= 4 is 11.9 Å². The maximum Gasteiger partial charge on any atom is 0.416 e. The molecule has 0 amide bonds. The van der Waals surface area contributed by atoms with Gasteiger partial charge in [-0.2, -0.15) is 13.2 Å². The SMILES string of the molecule is COC(=O)C1=C(CF)NC2=C(C(=O)OC2)C1c1cc(F)ccc1C(F)(F)F. The lowest BCUT2D eigenvalue weighted by Crippen LogP contribution is -2.32. The molecule has 0 saturated heterocycles. The summed E-state index contributed by atoms with van der Waals surface area (Å²) in [5, 5.41) is 2.50. The molecule has 0 aliphatic carbocycles. The molecule has 2 heterocycles. The van der Waals surface area contributed by atoms with Gasteiger partial charge in [0.25, 0.3) is 0 Å². The van der Waals surface area contributed by atoms with Crippen molar-refractivity contribution in [1.29, 1.82) is 0 Å². The number of carbonyl (C=O) groups is 2. The average Bonchev–Trinajstić information content (AvgIpc) is 2.99. The van der Waals surface area contributed by atoms with Crippen LogP contribution >= 0.6 is 0 Å². The molecule has 0 aromatic heterocycles. The summed E-state index contributed by atoms with van der Waals surface area (Å²) >= 11 is 0. The van der Waals surface area contributed by atoms with E-state index in [4.69, 9.17) is 4.74 Å². The Morgan fingerprint density at radius 3 is 2.67 bits per heavy atom.